The van der Waals surface area contributed by atoms with Gasteiger partial charge >= 0.3 is 0 Å². The van der Waals surface area contributed by atoms with Gasteiger partial charge in [0.25, 0.3) is 5.91 Å². The molecule has 0 fully saturated rings. The van der Waals surface area contributed by atoms with Crippen LogP contribution in [0.3, 0.4) is 0 Å². The zero-order valence-corrected chi connectivity index (χ0v) is 13.9. The van der Waals surface area contributed by atoms with Crippen molar-refractivity contribution in [3.8, 4) is 0 Å². The molecule has 1 heterocycles. The molecule has 8 heteroatoms. The van der Waals surface area contributed by atoms with E-state index in [9.17, 15) is 4.79 Å². The van der Waals surface area contributed by atoms with Crippen molar-refractivity contribution in [2.45, 2.75) is 10.1 Å². The van der Waals surface area contributed by atoms with Crippen LogP contribution >= 0.6 is 35.0 Å². The van der Waals surface area contributed by atoms with Gasteiger partial charge in [0, 0.05) is 15.6 Å². The van der Waals surface area contributed by atoms with E-state index in [1.165, 1.54) is 24.2 Å². The van der Waals surface area contributed by atoms with E-state index < -0.39 is 0 Å². The smallest absolute Gasteiger partial charge is 0.257 e. The highest BCUT2D eigenvalue weighted by molar-refractivity contribution is 7.99. The number of rotatable bonds is 4. The van der Waals surface area contributed by atoms with Gasteiger partial charge in [0.1, 0.15) is 6.33 Å². The van der Waals surface area contributed by atoms with E-state index in [-0.39, 0.29) is 5.91 Å². The first-order chi connectivity index (χ1) is 11.1. The Morgan fingerprint density at radius 1 is 1.13 bits per heavy atom. The van der Waals surface area contributed by atoms with Gasteiger partial charge in [0.2, 0.25) is 0 Å². The van der Waals surface area contributed by atoms with Gasteiger partial charge in [-0.05, 0) is 42.5 Å². The topological polar surface area (TPSA) is 70.7 Å². The molecule has 0 aliphatic carbocycles. The summed E-state index contributed by atoms with van der Waals surface area (Å²) in [7, 11) is 0. The Bertz CT molecular complexity index is 822. The number of hydrogen-bond acceptors (Lipinski definition) is 4. The number of carbonyl (C=O) groups excluding carboxylic acids is 1. The largest absolute Gasteiger partial charge is 0.322 e. The summed E-state index contributed by atoms with van der Waals surface area (Å²) < 4.78 is 0. The van der Waals surface area contributed by atoms with Gasteiger partial charge in [-0.15, -0.1) is 0 Å². The lowest BCUT2D eigenvalue weighted by Gasteiger charge is -2.08. The van der Waals surface area contributed by atoms with Gasteiger partial charge in [-0.2, -0.15) is 5.10 Å². The number of benzene rings is 2. The van der Waals surface area contributed by atoms with Crippen LogP contribution in [0, 0.1) is 0 Å². The number of amides is 1. The van der Waals surface area contributed by atoms with Crippen LogP contribution in [0.5, 0.6) is 0 Å². The molecule has 1 aromatic heterocycles. The first kappa shape index (κ1) is 15.9. The van der Waals surface area contributed by atoms with Crippen molar-refractivity contribution in [3.63, 3.8) is 0 Å². The van der Waals surface area contributed by atoms with Crippen LogP contribution in [-0.4, -0.2) is 21.1 Å². The number of aromatic nitrogens is 3. The average molecular weight is 365 g/mol. The first-order valence-electron chi connectivity index (χ1n) is 6.51. The van der Waals surface area contributed by atoms with E-state index in [1.807, 2.05) is 12.1 Å². The zero-order valence-electron chi connectivity index (χ0n) is 11.6. The highest BCUT2D eigenvalue weighted by Gasteiger charge is 2.11. The van der Waals surface area contributed by atoms with Crippen LogP contribution < -0.4 is 5.32 Å². The molecule has 2 N–H and O–H groups in total. The van der Waals surface area contributed by atoms with Gasteiger partial charge in [0.15, 0.2) is 5.16 Å². The second-order valence-electron chi connectivity index (χ2n) is 4.50. The molecule has 0 bridgehead atoms. The van der Waals surface area contributed by atoms with Gasteiger partial charge in [-0.3, -0.25) is 9.89 Å². The highest BCUT2D eigenvalue weighted by Crippen LogP contribution is 2.26. The molecule has 0 radical (unpaired) electrons. The molecular weight excluding hydrogens is 355 g/mol. The normalized spacial score (nSPS) is 10.5. The number of carbonyl (C=O) groups is 1. The Kier molecular flexibility index (Phi) is 4.85. The van der Waals surface area contributed by atoms with E-state index in [0.717, 1.165) is 4.90 Å². The lowest BCUT2D eigenvalue weighted by atomic mass is 10.2. The van der Waals surface area contributed by atoms with Gasteiger partial charge < -0.3 is 5.32 Å². The maximum atomic E-state index is 12.2. The van der Waals surface area contributed by atoms with Crippen LogP contribution in [0.2, 0.25) is 10.0 Å². The Labute approximate surface area is 146 Å². The molecular formula is C15H10Cl2N4OS. The van der Waals surface area contributed by atoms with Crippen molar-refractivity contribution in [2.24, 2.45) is 0 Å². The zero-order chi connectivity index (χ0) is 16.2. The van der Waals surface area contributed by atoms with Crippen molar-refractivity contribution >= 4 is 46.6 Å². The minimum atomic E-state index is -0.312. The number of nitrogens with one attached hydrogen (secondary N) is 2. The van der Waals surface area contributed by atoms with E-state index in [1.54, 1.807) is 24.3 Å². The van der Waals surface area contributed by atoms with E-state index in [2.05, 4.69) is 20.5 Å². The molecule has 0 atom stereocenters. The van der Waals surface area contributed by atoms with Crippen molar-refractivity contribution in [1.29, 1.82) is 0 Å². The van der Waals surface area contributed by atoms with Crippen molar-refractivity contribution in [3.05, 3.63) is 64.4 Å². The summed E-state index contributed by atoms with van der Waals surface area (Å²) in [6.07, 6.45) is 1.45. The summed E-state index contributed by atoms with van der Waals surface area (Å²) in [6.45, 7) is 0. The van der Waals surface area contributed by atoms with Gasteiger partial charge in [0.05, 0.1) is 10.6 Å². The van der Waals surface area contributed by atoms with E-state index in [4.69, 9.17) is 23.2 Å². The fraction of sp³-hybridized carbons (Fsp3) is 0. The second kappa shape index (κ2) is 7.04. The van der Waals surface area contributed by atoms with E-state index >= 15 is 0 Å². The van der Waals surface area contributed by atoms with Crippen LogP contribution in [0.4, 0.5) is 5.69 Å². The molecule has 0 aliphatic heterocycles. The lowest BCUT2D eigenvalue weighted by Crippen LogP contribution is -2.12. The quantitative estimate of drug-likeness (QED) is 0.713. The molecule has 23 heavy (non-hydrogen) atoms. The SMILES string of the molecule is O=C(Nc1ccc(Sc2ncn[nH]2)cc1)c1cc(Cl)ccc1Cl. The third-order valence-corrected chi connectivity index (χ3v) is 4.36. The summed E-state index contributed by atoms with van der Waals surface area (Å²) in [5.41, 5.74) is 0.993. The highest BCUT2D eigenvalue weighted by atomic mass is 35.5. The summed E-state index contributed by atoms with van der Waals surface area (Å²) in [4.78, 5) is 17.3. The summed E-state index contributed by atoms with van der Waals surface area (Å²) in [5, 5.41) is 10.9. The molecule has 3 rings (SSSR count). The monoisotopic (exact) mass is 364 g/mol. The molecule has 116 valence electrons. The standard InChI is InChI=1S/C15H10Cl2N4OS/c16-9-1-6-13(17)12(7-9)14(22)20-10-2-4-11(5-3-10)23-15-18-8-19-21-15/h1-8H,(H,20,22)(H,18,19,21). The maximum Gasteiger partial charge on any atom is 0.257 e. The molecule has 0 saturated heterocycles. The molecule has 1 amide bonds. The number of nitrogens with zero attached hydrogens (tertiary/aromatic N) is 2. The third kappa shape index (κ3) is 4.04. The first-order valence-corrected chi connectivity index (χ1v) is 8.09. The summed E-state index contributed by atoms with van der Waals surface area (Å²) in [6, 6.07) is 12.1. The van der Waals surface area contributed by atoms with Crippen LogP contribution in [0.25, 0.3) is 0 Å². The minimum Gasteiger partial charge on any atom is -0.322 e. The predicted octanol–water partition coefficient (Wildman–Crippen LogP) is 4.52. The average Bonchev–Trinajstić information content (AvgIpc) is 3.04. The Morgan fingerprint density at radius 3 is 2.61 bits per heavy atom. The fourth-order valence-electron chi connectivity index (χ4n) is 1.83. The molecule has 0 saturated carbocycles. The predicted molar refractivity (Wildman–Crippen MR) is 91.4 cm³/mol. The second-order valence-corrected chi connectivity index (χ2v) is 6.40. The fourth-order valence-corrected chi connectivity index (χ4v) is 2.90. The van der Waals surface area contributed by atoms with Crippen molar-refractivity contribution in [2.75, 3.05) is 5.32 Å². The Balaban J connectivity index is 1.70. The number of anilines is 1. The number of aromatic amines is 1. The summed E-state index contributed by atoms with van der Waals surface area (Å²) in [5.74, 6) is -0.312. The molecule has 0 aliphatic rings. The molecule has 5 nitrogen and oxygen atoms in total. The molecule has 0 unspecified atom stereocenters. The van der Waals surface area contributed by atoms with Crippen molar-refractivity contribution < 1.29 is 4.79 Å². The number of H-pyrrole nitrogens is 1. The maximum absolute atomic E-state index is 12.2. The molecule has 3 aromatic rings. The van der Waals surface area contributed by atoms with Crippen LogP contribution in [-0.2, 0) is 0 Å². The van der Waals surface area contributed by atoms with E-state index in [0.29, 0.717) is 26.5 Å². The lowest BCUT2D eigenvalue weighted by molar-refractivity contribution is 0.102. The molecule has 2 aromatic carbocycles. The minimum absolute atomic E-state index is 0.312. The molecule has 0 spiro atoms. The summed E-state index contributed by atoms with van der Waals surface area (Å²) >= 11 is 13.4. The van der Waals surface area contributed by atoms with Gasteiger partial charge in [-0.25, -0.2) is 4.98 Å². The van der Waals surface area contributed by atoms with Crippen LogP contribution in [0.1, 0.15) is 10.4 Å². The van der Waals surface area contributed by atoms with Gasteiger partial charge in [-0.1, -0.05) is 35.0 Å². The number of halogens is 2. The van der Waals surface area contributed by atoms with Crippen molar-refractivity contribution in [1.82, 2.24) is 15.2 Å². The van der Waals surface area contributed by atoms with Crippen LogP contribution in [0.15, 0.2) is 58.8 Å². The third-order valence-electron chi connectivity index (χ3n) is 2.89. The Morgan fingerprint density at radius 2 is 1.91 bits per heavy atom. The Hall–Kier alpha value is -2.02. The number of hydrogen-bond donors (Lipinski definition) is 2.